The number of hydrogen-bond acceptors (Lipinski definition) is 2. The lowest BCUT2D eigenvalue weighted by Crippen LogP contribution is -2.36. The maximum atomic E-state index is 11.3. The van der Waals surface area contributed by atoms with E-state index >= 15 is 0 Å². The van der Waals surface area contributed by atoms with Gasteiger partial charge in [-0.1, -0.05) is 13.8 Å². The van der Waals surface area contributed by atoms with E-state index in [2.05, 4.69) is 19.2 Å². The minimum absolute atomic E-state index is 0.337. The summed E-state index contributed by atoms with van der Waals surface area (Å²) in [5, 5.41) is 5.19. The fourth-order valence-electron chi connectivity index (χ4n) is 1.04. The van der Waals surface area contributed by atoms with Crippen LogP contribution in [0.3, 0.4) is 0 Å². The number of carbonyl (C=O) groups excluding carboxylic acids is 1. The number of amides is 1. The zero-order chi connectivity index (χ0) is 10.9. The van der Waals surface area contributed by atoms with Crippen molar-refractivity contribution in [2.24, 2.45) is 5.92 Å². The molecular weight excluding hydrogens is 194 g/mol. The first-order valence-corrected chi connectivity index (χ1v) is 5.81. The maximum Gasteiger partial charge on any atom is 0.412 e. The van der Waals surface area contributed by atoms with E-state index in [1.54, 1.807) is 0 Å². The maximum absolute atomic E-state index is 11.3. The van der Waals surface area contributed by atoms with Crippen LogP contribution in [0.2, 0.25) is 0 Å². The van der Waals surface area contributed by atoms with E-state index in [0.29, 0.717) is 14.7 Å². The molecule has 1 aliphatic rings. The minimum Gasteiger partial charge on any atom is -0.444 e. The molecule has 1 heterocycles. The van der Waals surface area contributed by atoms with Crippen LogP contribution in [0.25, 0.3) is 0 Å². The van der Waals surface area contributed by atoms with E-state index in [-0.39, 0.29) is 6.09 Å². The fourth-order valence-corrected chi connectivity index (χ4v) is 2.05. The minimum atomic E-state index is -0.416. The zero-order valence-electron chi connectivity index (χ0n) is 9.39. The van der Waals surface area contributed by atoms with Crippen LogP contribution in [0.4, 0.5) is 4.79 Å². The SMILES string of the molecule is CC(C)C1=[Si]=C1NC(=O)OC(C)(C)C. The van der Waals surface area contributed by atoms with Gasteiger partial charge in [0.15, 0.2) is 0 Å². The van der Waals surface area contributed by atoms with Crippen molar-refractivity contribution < 1.29 is 9.53 Å². The zero-order valence-corrected chi connectivity index (χ0v) is 10.4. The summed E-state index contributed by atoms with van der Waals surface area (Å²) in [4.78, 5) is 11.3. The lowest BCUT2D eigenvalue weighted by Gasteiger charge is -2.19. The second-order valence-electron chi connectivity index (χ2n) is 4.70. The summed E-state index contributed by atoms with van der Waals surface area (Å²) in [6.07, 6.45) is -0.337. The first kappa shape index (κ1) is 11.3. The van der Waals surface area contributed by atoms with Crippen LogP contribution in [0.15, 0.2) is 0 Å². The average molecular weight is 211 g/mol. The highest BCUT2D eigenvalue weighted by Gasteiger charge is 2.23. The Hall–Kier alpha value is -0.773. The number of hydrogen-bond donors (Lipinski definition) is 1. The van der Waals surface area contributed by atoms with Crippen molar-refractivity contribution in [3.05, 3.63) is 0 Å². The summed E-state index contributed by atoms with van der Waals surface area (Å²) >= 11 is 0. The van der Waals surface area contributed by atoms with Crippen LogP contribution in [0.1, 0.15) is 34.6 Å². The lowest BCUT2D eigenvalue weighted by molar-refractivity contribution is 0.0565. The molecule has 0 aromatic rings. The fraction of sp³-hybridized carbons (Fsp3) is 0.700. The second kappa shape index (κ2) is 3.77. The number of carbonyl (C=O) groups is 1. The van der Waals surface area contributed by atoms with Crippen LogP contribution < -0.4 is 5.32 Å². The Morgan fingerprint density at radius 1 is 1.43 bits per heavy atom. The topological polar surface area (TPSA) is 38.3 Å². The van der Waals surface area contributed by atoms with E-state index in [0.717, 1.165) is 5.29 Å². The first-order valence-electron chi connectivity index (χ1n) is 4.81. The molecule has 0 fully saturated rings. The van der Waals surface area contributed by atoms with Gasteiger partial charge in [-0.2, -0.15) is 0 Å². The molecule has 3 nitrogen and oxygen atoms in total. The van der Waals surface area contributed by atoms with Gasteiger partial charge in [0.2, 0.25) is 0 Å². The quantitative estimate of drug-likeness (QED) is 0.697. The van der Waals surface area contributed by atoms with Crippen LogP contribution in [0, 0.1) is 5.92 Å². The third-order valence-corrected chi connectivity index (χ3v) is 3.16. The van der Waals surface area contributed by atoms with Gasteiger partial charge in [0, 0.05) is 0 Å². The number of ether oxygens (including phenoxy) is 1. The molecule has 0 spiro atoms. The van der Waals surface area contributed by atoms with Crippen molar-refractivity contribution >= 4 is 25.3 Å². The van der Waals surface area contributed by atoms with Gasteiger partial charge in [-0.3, -0.25) is 5.32 Å². The van der Waals surface area contributed by atoms with Gasteiger partial charge in [0.1, 0.15) is 5.60 Å². The van der Waals surface area contributed by atoms with Gasteiger partial charge in [0.05, 0.1) is 5.29 Å². The highest BCUT2D eigenvalue weighted by atomic mass is 28.2. The summed E-state index contributed by atoms with van der Waals surface area (Å²) in [5.74, 6) is 0.540. The number of rotatable bonds is 2. The summed E-state index contributed by atoms with van der Waals surface area (Å²) in [6, 6.07) is 0. The molecule has 4 heteroatoms. The molecule has 0 unspecified atom stereocenters. The molecule has 78 valence electrons. The van der Waals surface area contributed by atoms with Crippen LogP contribution in [0.5, 0.6) is 0 Å². The molecule has 0 aliphatic carbocycles. The summed E-state index contributed by atoms with van der Waals surface area (Å²) in [5.41, 5.74) is -0.416. The third kappa shape index (κ3) is 3.53. The van der Waals surface area contributed by atoms with Crippen molar-refractivity contribution in [1.29, 1.82) is 0 Å². The van der Waals surface area contributed by atoms with Crippen LogP contribution >= 0.6 is 0 Å². The van der Waals surface area contributed by atoms with Crippen molar-refractivity contribution in [1.82, 2.24) is 5.32 Å². The molecule has 0 atom stereocenters. The van der Waals surface area contributed by atoms with E-state index < -0.39 is 5.60 Å². The third-order valence-electron chi connectivity index (χ3n) is 1.67. The highest BCUT2D eigenvalue weighted by Crippen LogP contribution is 2.07. The molecule has 0 saturated heterocycles. The molecule has 0 aromatic heterocycles. The predicted molar refractivity (Wildman–Crippen MR) is 60.0 cm³/mol. The Balaban J connectivity index is 2.29. The molecule has 1 aliphatic heterocycles. The molecule has 0 saturated carbocycles. The van der Waals surface area contributed by atoms with Crippen molar-refractivity contribution in [3.63, 3.8) is 0 Å². The van der Waals surface area contributed by atoms with Crippen molar-refractivity contribution in [3.8, 4) is 0 Å². The van der Waals surface area contributed by atoms with Crippen LogP contribution in [-0.2, 0) is 4.74 Å². The summed E-state index contributed by atoms with van der Waals surface area (Å²) in [7, 11) is 0.697. The molecule has 14 heavy (non-hydrogen) atoms. The van der Waals surface area contributed by atoms with E-state index in [1.807, 2.05) is 20.8 Å². The Bertz CT molecular complexity index is 320. The van der Waals surface area contributed by atoms with Gasteiger partial charge in [0.25, 0.3) is 0 Å². The standard InChI is InChI=1S/C10H17NO2Si/c1-6(2)7-8(14-7)11-9(12)13-10(3,4)5/h6H,1-5H3,(H,11,12). The van der Waals surface area contributed by atoms with Crippen molar-refractivity contribution in [2.75, 3.05) is 0 Å². The number of alkyl carbamates (subject to hydrolysis) is 1. The van der Waals surface area contributed by atoms with Gasteiger partial charge < -0.3 is 4.74 Å². The molecule has 1 amide bonds. The Labute approximate surface area is 86.9 Å². The Morgan fingerprint density at radius 3 is 2.36 bits per heavy atom. The molecule has 1 N–H and O–H groups in total. The predicted octanol–water partition coefficient (Wildman–Crippen LogP) is 1.19. The monoisotopic (exact) mass is 211 g/mol. The summed E-state index contributed by atoms with van der Waals surface area (Å²) in [6.45, 7) is 9.84. The van der Waals surface area contributed by atoms with Crippen molar-refractivity contribution in [2.45, 2.75) is 40.2 Å². The second-order valence-corrected chi connectivity index (χ2v) is 5.98. The largest absolute Gasteiger partial charge is 0.444 e. The van der Waals surface area contributed by atoms with Gasteiger partial charge >= 0.3 is 6.09 Å². The molecule has 0 bridgehead atoms. The Morgan fingerprint density at radius 2 is 2.00 bits per heavy atom. The molecular formula is C10H17NO2Si. The molecule has 0 aromatic carbocycles. The Kier molecular flexibility index (Phi) is 3.04. The number of nitrogens with one attached hydrogen (secondary N) is 1. The summed E-state index contributed by atoms with van der Waals surface area (Å²) < 4.78 is 5.14. The van der Waals surface area contributed by atoms with Gasteiger partial charge in [-0.15, -0.1) is 0 Å². The van der Waals surface area contributed by atoms with Crippen LogP contribution in [-0.4, -0.2) is 30.9 Å². The van der Waals surface area contributed by atoms with Gasteiger partial charge in [-0.05, 0) is 40.6 Å². The van der Waals surface area contributed by atoms with E-state index in [1.165, 1.54) is 5.17 Å². The molecule has 1 rings (SSSR count). The smallest absolute Gasteiger partial charge is 0.412 e. The lowest BCUT2D eigenvalue weighted by atomic mass is 10.1. The van der Waals surface area contributed by atoms with E-state index in [9.17, 15) is 4.79 Å². The van der Waals surface area contributed by atoms with E-state index in [4.69, 9.17) is 4.74 Å². The van der Waals surface area contributed by atoms with Gasteiger partial charge in [-0.25, -0.2) is 4.79 Å². The molecule has 0 radical (unpaired) electrons. The highest BCUT2D eigenvalue weighted by molar-refractivity contribution is 7.03. The normalized spacial score (nSPS) is 14.7. The average Bonchev–Trinajstić information content (AvgIpc) is 2.61. The first-order chi connectivity index (χ1) is 6.29.